The zero-order valence-electron chi connectivity index (χ0n) is 10.2. The smallest absolute Gasteiger partial charge is 0.339 e. The monoisotopic (exact) mass is 324 g/mol. The Morgan fingerprint density at radius 3 is 2.63 bits per heavy atom. The maximum Gasteiger partial charge on any atom is 0.339 e. The third-order valence-electron chi connectivity index (χ3n) is 2.88. The van der Waals surface area contributed by atoms with Crippen LogP contribution in [0.1, 0.15) is 28.8 Å². The molecule has 2 heterocycles. The van der Waals surface area contributed by atoms with Crippen molar-refractivity contribution in [2.24, 2.45) is 0 Å². The lowest BCUT2D eigenvalue weighted by molar-refractivity contribution is -0.0159. The lowest BCUT2D eigenvalue weighted by atomic mass is 10.1. The Labute approximate surface area is 119 Å². The van der Waals surface area contributed by atoms with E-state index in [0.29, 0.717) is 31.6 Å². The largest absolute Gasteiger partial charge is 0.459 e. The number of hydrogen-bond donors (Lipinski definition) is 0. The van der Waals surface area contributed by atoms with Gasteiger partial charge in [-0.25, -0.2) is 13.2 Å². The van der Waals surface area contributed by atoms with E-state index in [2.05, 4.69) is 0 Å². The van der Waals surface area contributed by atoms with Crippen molar-refractivity contribution in [1.29, 1.82) is 0 Å². The zero-order valence-corrected chi connectivity index (χ0v) is 12.6. The van der Waals surface area contributed by atoms with Crippen LogP contribution in [0, 0.1) is 6.92 Å². The lowest BCUT2D eigenvalue weighted by Crippen LogP contribution is -2.26. The third-order valence-corrected chi connectivity index (χ3v) is 6.18. The Morgan fingerprint density at radius 1 is 1.47 bits per heavy atom. The average molecular weight is 325 g/mol. The van der Waals surface area contributed by atoms with Gasteiger partial charge in [0.1, 0.15) is 10.3 Å². The summed E-state index contributed by atoms with van der Waals surface area (Å²) < 4.78 is 33.1. The summed E-state index contributed by atoms with van der Waals surface area (Å²) in [7, 11) is 1.47. The van der Waals surface area contributed by atoms with Gasteiger partial charge in [-0.2, -0.15) is 0 Å². The average Bonchev–Trinajstić information content (AvgIpc) is 2.72. The van der Waals surface area contributed by atoms with E-state index in [4.69, 9.17) is 20.2 Å². The van der Waals surface area contributed by atoms with Gasteiger partial charge < -0.3 is 9.47 Å². The molecule has 1 saturated heterocycles. The second kappa shape index (κ2) is 5.78. The second-order valence-corrected chi connectivity index (χ2v) is 7.86. The molecule has 5 nitrogen and oxygen atoms in total. The Kier molecular flexibility index (Phi) is 4.50. The molecule has 1 aliphatic rings. The van der Waals surface area contributed by atoms with Crippen LogP contribution in [0.2, 0.25) is 0 Å². The van der Waals surface area contributed by atoms with Crippen LogP contribution in [0.25, 0.3) is 0 Å². The molecular formula is C11H13ClO5S2. The molecule has 0 aliphatic carbocycles. The van der Waals surface area contributed by atoms with E-state index in [0.717, 1.165) is 11.3 Å². The summed E-state index contributed by atoms with van der Waals surface area (Å²) in [5.41, 5.74) is 0.604. The maximum atomic E-state index is 12.0. The van der Waals surface area contributed by atoms with Gasteiger partial charge in [-0.05, 0) is 12.5 Å². The highest BCUT2D eigenvalue weighted by molar-refractivity contribution is 8.15. The van der Waals surface area contributed by atoms with Gasteiger partial charge in [0.15, 0.2) is 0 Å². The Morgan fingerprint density at radius 2 is 2.11 bits per heavy atom. The number of esters is 1. The van der Waals surface area contributed by atoms with Crippen molar-refractivity contribution in [3.63, 3.8) is 0 Å². The van der Waals surface area contributed by atoms with Crippen LogP contribution in [0.4, 0.5) is 0 Å². The van der Waals surface area contributed by atoms with Crippen LogP contribution in [0.15, 0.2) is 9.59 Å². The van der Waals surface area contributed by atoms with E-state index in [-0.39, 0.29) is 15.9 Å². The Hall–Kier alpha value is -0.630. The third kappa shape index (κ3) is 3.47. The van der Waals surface area contributed by atoms with Crippen molar-refractivity contribution >= 4 is 37.0 Å². The van der Waals surface area contributed by atoms with E-state index >= 15 is 0 Å². The lowest BCUT2D eigenvalue weighted by Gasteiger charge is -2.22. The molecule has 0 unspecified atom stereocenters. The summed E-state index contributed by atoms with van der Waals surface area (Å²) >= 11 is 0.928. The van der Waals surface area contributed by atoms with Crippen molar-refractivity contribution in [2.75, 3.05) is 13.2 Å². The molecule has 0 atom stereocenters. The summed E-state index contributed by atoms with van der Waals surface area (Å²) in [6.07, 6.45) is 1.15. The topological polar surface area (TPSA) is 69.7 Å². The molecule has 0 radical (unpaired) electrons. The number of hydrogen-bond acceptors (Lipinski definition) is 6. The SMILES string of the molecule is Cc1c(C(=O)OC2CCOCC2)csc1S(=O)(=O)Cl. The highest BCUT2D eigenvalue weighted by atomic mass is 35.7. The highest BCUT2D eigenvalue weighted by Crippen LogP contribution is 2.30. The van der Waals surface area contributed by atoms with Gasteiger partial charge in [0.2, 0.25) is 0 Å². The molecule has 0 aromatic carbocycles. The molecule has 2 rings (SSSR count). The first-order chi connectivity index (χ1) is 8.89. The fraction of sp³-hybridized carbons (Fsp3) is 0.545. The van der Waals surface area contributed by atoms with Gasteiger partial charge in [0, 0.05) is 28.9 Å². The molecule has 0 N–H and O–H groups in total. The number of carbonyl (C=O) groups is 1. The summed E-state index contributed by atoms with van der Waals surface area (Å²) in [6, 6.07) is 0. The zero-order chi connectivity index (χ0) is 14.0. The number of thiophene rings is 1. The summed E-state index contributed by atoms with van der Waals surface area (Å²) in [6.45, 7) is 2.69. The van der Waals surface area contributed by atoms with E-state index in [1.807, 2.05) is 0 Å². The second-order valence-electron chi connectivity index (χ2n) is 4.22. The van der Waals surface area contributed by atoms with Crippen LogP contribution in [-0.4, -0.2) is 33.7 Å². The van der Waals surface area contributed by atoms with E-state index in [1.54, 1.807) is 6.92 Å². The van der Waals surface area contributed by atoms with E-state index in [9.17, 15) is 13.2 Å². The molecule has 0 spiro atoms. The van der Waals surface area contributed by atoms with Gasteiger partial charge in [-0.15, -0.1) is 11.3 Å². The molecule has 1 fully saturated rings. The van der Waals surface area contributed by atoms with Gasteiger partial charge in [0.05, 0.1) is 18.8 Å². The molecule has 1 aromatic heterocycles. The van der Waals surface area contributed by atoms with Crippen LogP contribution in [0.5, 0.6) is 0 Å². The van der Waals surface area contributed by atoms with Gasteiger partial charge in [0.25, 0.3) is 9.05 Å². The summed E-state index contributed by atoms with van der Waals surface area (Å²) in [5, 5.41) is 1.46. The molecule has 19 heavy (non-hydrogen) atoms. The van der Waals surface area contributed by atoms with Crippen molar-refractivity contribution in [2.45, 2.75) is 30.1 Å². The Bertz CT molecular complexity index is 572. The first kappa shape index (κ1) is 14.8. The quantitative estimate of drug-likeness (QED) is 0.630. The summed E-state index contributed by atoms with van der Waals surface area (Å²) in [4.78, 5) is 12.0. The van der Waals surface area contributed by atoms with Crippen LogP contribution >= 0.6 is 22.0 Å². The van der Waals surface area contributed by atoms with Crippen LogP contribution in [0.3, 0.4) is 0 Å². The summed E-state index contributed by atoms with van der Waals surface area (Å²) in [5.74, 6) is -0.507. The van der Waals surface area contributed by atoms with Crippen molar-refractivity contribution in [3.05, 3.63) is 16.5 Å². The first-order valence-electron chi connectivity index (χ1n) is 5.71. The molecular weight excluding hydrogens is 312 g/mol. The number of ether oxygens (including phenoxy) is 2. The number of carbonyl (C=O) groups excluding carboxylic acids is 1. The normalized spacial score (nSPS) is 17.4. The Balaban J connectivity index is 2.13. The highest BCUT2D eigenvalue weighted by Gasteiger charge is 2.25. The van der Waals surface area contributed by atoms with Gasteiger partial charge in [-0.1, -0.05) is 0 Å². The van der Waals surface area contributed by atoms with E-state index in [1.165, 1.54) is 5.38 Å². The molecule has 0 saturated carbocycles. The van der Waals surface area contributed by atoms with Crippen LogP contribution < -0.4 is 0 Å². The fourth-order valence-corrected chi connectivity index (χ4v) is 4.39. The predicted molar refractivity (Wildman–Crippen MR) is 71.4 cm³/mol. The van der Waals surface area contributed by atoms with Crippen LogP contribution in [-0.2, 0) is 18.5 Å². The maximum absolute atomic E-state index is 12.0. The van der Waals surface area contributed by atoms with Gasteiger partial charge in [-0.3, -0.25) is 0 Å². The number of halogens is 1. The predicted octanol–water partition coefficient (Wildman–Crippen LogP) is 2.32. The molecule has 1 aromatic rings. The molecule has 8 heteroatoms. The molecule has 106 valence electrons. The molecule has 0 bridgehead atoms. The molecule has 0 amide bonds. The minimum atomic E-state index is -3.82. The van der Waals surface area contributed by atoms with E-state index < -0.39 is 15.0 Å². The first-order valence-corrected chi connectivity index (χ1v) is 8.90. The van der Waals surface area contributed by atoms with Gasteiger partial charge >= 0.3 is 5.97 Å². The minimum Gasteiger partial charge on any atom is -0.459 e. The van der Waals surface area contributed by atoms with Crippen molar-refractivity contribution < 1.29 is 22.7 Å². The standard InChI is InChI=1S/C11H13ClO5S2/c1-7-9(6-18-11(7)19(12,14)15)10(13)17-8-2-4-16-5-3-8/h6,8H,2-5H2,1H3. The fourth-order valence-electron chi connectivity index (χ4n) is 1.85. The van der Waals surface area contributed by atoms with Crippen molar-refractivity contribution in [1.82, 2.24) is 0 Å². The number of rotatable bonds is 3. The van der Waals surface area contributed by atoms with Crippen molar-refractivity contribution in [3.8, 4) is 0 Å². The minimum absolute atomic E-state index is 0.00639. The molecule has 1 aliphatic heterocycles.